The van der Waals surface area contributed by atoms with Gasteiger partial charge in [0, 0.05) is 18.0 Å². The Balaban J connectivity index is 2.09. The monoisotopic (exact) mass is 252 g/mol. The van der Waals surface area contributed by atoms with E-state index in [0.717, 1.165) is 5.56 Å². The first kappa shape index (κ1) is 12.2. The first-order valence-corrected chi connectivity index (χ1v) is 5.19. The van der Waals surface area contributed by atoms with Gasteiger partial charge >= 0.3 is 0 Å². The maximum absolute atomic E-state index is 11.9. The molecule has 0 bridgehead atoms. The molecule has 2 heterocycles. The highest BCUT2D eigenvalue weighted by Gasteiger charge is 2.12. The van der Waals surface area contributed by atoms with Gasteiger partial charge in [-0.3, -0.25) is 14.9 Å². The Labute approximate surface area is 101 Å². The average Bonchev–Trinajstić information content (AvgIpc) is 2.86. The third-order valence-electron chi connectivity index (χ3n) is 2.22. The van der Waals surface area contributed by atoms with Crippen LogP contribution in [-0.4, -0.2) is 34.1 Å². The normalized spacial score (nSPS) is 10.6. The molecule has 0 radical (unpaired) electrons. The summed E-state index contributed by atoms with van der Waals surface area (Å²) in [6, 6.07) is 4.96. The Morgan fingerprint density at radius 1 is 1.39 bits per heavy atom. The van der Waals surface area contributed by atoms with Gasteiger partial charge in [-0.25, -0.2) is 8.78 Å². The van der Waals surface area contributed by atoms with E-state index in [1.807, 2.05) is 0 Å². The van der Waals surface area contributed by atoms with Crippen LogP contribution < -0.4 is 5.32 Å². The average molecular weight is 252 g/mol. The Kier molecular flexibility index (Phi) is 3.61. The van der Waals surface area contributed by atoms with Gasteiger partial charge in [0.05, 0.1) is 12.2 Å². The highest BCUT2D eigenvalue weighted by atomic mass is 19.3. The minimum Gasteiger partial charge on any atom is -0.345 e. The summed E-state index contributed by atoms with van der Waals surface area (Å²) in [6.07, 6.45) is 0.623. The molecule has 0 atom stereocenters. The summed E-state index contributed by atoms with van der Waals surface area (Å²) in [5.74, 6) is -0.608. The van der Waals surface area contributed by atoms with E-state index in [4.69, 9.17) is 0 Å². The number of rotatable bonds is 4. The number of hydrogen-bond acceptors (Lipinski definition) is 3. The van der Waals surface area contributed by atoms with Gasteiger partial charge in [-0.1, -0.05) is 0 Å². The fraction of sp³-hybridized carbons (Fsp3) is 0.182. The standard InChI is InChI=1S/C11H10F2N4O/c12-10(13)6-15-11(18)9-5-8(16-17-9)7-1-3-14-4-2-7/h1-5,10H,6H2,(H,15,18)(H,16,17). The van der Waals surface area contributed by atoms with Crippen molar-refractivity contribution in [3.63, 3.8) is 0 Å². The number of alkyl halides is 2. The summed E-state index contributed by atoms with van der Waals surface area (Å²) in [4.78, 5) is 15.3. The van der Waals surface area contributed by atoms with Gasteiger partial charge in [0.15, 0.2) is 0 Å². The molecule has 18 heavy (non-hydrogen) atoms. The molecule has 1 amide bonds. The predicted octanol–water partition coefficient (Wildman–Crippen LogP) is 1.47. The van der Waals surface area contributed by atoms with Crippen LogP contribution in [-0.2, 0) is 0 Å². The van der Waals surface area contributed by atoms with Crippen LogP contribution in [0.2, 0.25) is 0 Å². The number of nitrogens with zero attached hydrogens (tertiary/aromatic N) is 2. The second-order valence-corrected chi connectivity index (χ2v) is 3.50. The first-order valence-electron chi connectivity index (χ1n) is 5.19. The van der Waals surface area contributed by atoms with Gasteiger partial charge in [-0.15, -0.1) is 0 Å². The lowest BCUT2D eigenvalue weighted by Gasteiger charge is -2.00. The molecule has 0 aliphatic heterocycles. The van der Waals surface area contributed by atoms with Gasteiger partial charge in [0.1, 0.15) is 5.69 Å². The van der Waals surface area contributed by atoms with Crippen molar-refractivity contribution in [3.8, 4) is 11.3 Å². The molecule has 0 spiro atoms. The van der Waals surface area contributed by atoms with E-state index in [-0.39, 0.29) is 5.69 Å². The number of hydrogen-bond donors (Lipinski definition) is 2. The molecule has 0 saturated heterocycles. The van der Waals surface area contributed by atoms with Crippen molar-refractivity contribution in [2.45, 2.75) is 6.43 Å². The zero-order valence-corrected chi connectivity index (χ0v) is 9.23. The van der Waals surface area contributed by atoms with Gasteiger partial charge in [-0.05, 0) is 18.2 Å². The molecular formula is C11H10F2N4O. The molecule has 0 saturated carbocycles. The number of amides is 1. The SMILES string of the molecule is O=C(NCC(F)F)c1cc(-c2ccncc2)n[nH]1. The largest absolute Gasteiger partial charge is 0.345 e. The highest BCUT2D eigenvalue weighted by Crippen LogP contribution is 2.15. The molecule has 7 heteroatoms. The summed E-state index contributed by atoms with van der Waals surface area (Å²) >= 11 is 0. The van der Waals surface area contributed by atoms with Crippen molar-refractivity contribution in [1.29, 1.82) is 0 Å². The summed E-state index contributed by atoms with van der Waals surface area (Å²) in [7, 11) is 0. The topological polar surface area (TPSA) is 70.7 Å². The van der Waals surface area contributed by atoms with Gasteiger partial charge in [0.25, 0.3) is 12.3 Å². The zero-order valence-electron chi connectivity index (χ0n) is 9.23. The molecular weight excluding hydrogens is 242 g/mol. The van der Waals surface area contributed by atoms with Crippen LogP contribution in [0.3, 0.4) is 0 Å². The smallest absolute Gasteiger partial charge is 0.269 e. The zero-order chi connectivity index (χ0) is 13.0. The molecule has 0 aliphatic rings. The highest BCUT2D eigenvalue weighted by molar-refractivity contribution is 5.93. The second-order valence-electron chi connectivity index (χ2n) is 3.50. The lowest BCUT2D eigenvalue weighted by Crippen LogP contribution is -2.28. The Morgan fingerprint density at radius 2 is 2.11 bits per heavy atom. The van der Waals surface area contributed by atoms with Crippen LogP contribution in [0.25, 0.3) is 11.3 Å². The fourth-order valence-electron chi connectivity index (χ4n) is 1.37. The molecule has 2 N–H and O–H groups in total. The fourth-order valence-corrected chi connectivity index (χ4v) is 1.37. The Morgan fingerprint density at radius 3 is 2.78 bits per heavy atom. The van der Waals surface area contributed by atoms with Crippen LogP contribution in [0.4, 0.5) is 8.78 Å². The molecule has 5 nitrogen and oxygen atoms in total. The van der Waals surface area contributed by atoms with Crippen LogP contribution >= 0.6 is 0 Å². The number of carbonyl (C=O) groups excluding carboxylic acids is 1. The summed E-state index contributed by atoms with van der Waals surface area (Å²) < 4.78 is 23.9. The molecule has 2 rings (SSSR count). The number of carbonyl (C=O) groups is 1. The number of H-pyrrole nitrogens is 1. The first-order chi connectivity index (χ1) is 8.66. The Bertz CT molecular complexity index is 527. The number of halogens is 2. The number of aromatic nitrogens is 3. The van der Waals surface area contributed by atoms with Crippen molar-refractivity contribution in [2.75, 3.05) is 6.54 Å². The van der Waals surface area contributed by atoms with Gasteiger partial charge in [0.2, 0.25) is 0 Å². The summed E-state index contributed by atoms with van der Waals surface area (Å²) in [5.41, 5.74) is 1.48. The molecule has 0 aliphatic carbocycles. The van der Waals surface area contributed by atoms with Crippen LogP contribution in [0.15, 0.2) is 30.6 Å². The second kappa shape index (κ2) is 5.35. The molecule has 2 aromatic heterocycles. The minimum absolute atomic E-state index is 0.141. The third-order valence-corrected chi connectivity index (χ3v) is 2.22. The molecule has 0 fully saturated rings. The molecule has 0 aromatic carbocycles. The van der Waals surface area contributed by atoms with Crippen molar-refractivity contribution < 1.29 is 13.6 Å². The van der Waals surface area contributed by atoms with Crippen molar-refractivity contribution >= 4 is 5.91 Å². The van der Waals surface area contributed by atoms with E-state index in [1.54, 1.807) is 24.5 Å². The number of aromatic amines is 1. The van der Waals surface area contributed by atoms with E-state index in [0.29, 0.717) is 5.69 Å². The van der Waals surface area contributed by atoms with E-state index in [9.17, 15) is 13.6 Å². The quantitative estimate of drug-likeness (QED) is 0.865. The number of pyridine rings is 1. The van der Waals surface area contributed by atoms with E-state index in [2.05, 4.69) is 20.5 Å². The molecule has 2 aromatic rings. The third kappa shape index (κ3) is 2.88. The maximum Gasteiger partial charge on any atom is 0.269 e. The minimum atomic E-state index is -2.57. The predicted molar refractivity (Wildman–Crippen MR) is 60.2 cm³/mol. The van der Waals surface area contributed by atoms with E-state index < -0.39 is 18.9 Å². The lowest BCUT2D eigenvalue weighted by atomic mass is 10.2. The Hall–Kier alpha value is -2.31. The molecule has 94 valence electrons. The van der Waals surface area contributed by atoms with Crippen molar-refractivity contribution in [2.24, 2.45) is 0 Å². The van der Waals surface area contributed by atoms with Gasteiger partial charge in [-0.2, -0.15) is 5.10 Å². The lowest BCUT2D eigenvalue weighted by molar-refractivity contribution is 0.0887. The summed E-state index contributed by atoms with van der Waals surface area (Å²) in [6.45, 7) is -0.678. The maximum atomic E-state index is 11.9. The number of nitrogens with one attached hydrogen (secondary N) is 2. The van der Waals surface area contributed by atoms with Crippen LogP contribution in [0, 0.1) is 0 Å². The van der Waals surface area contributed by atoms with E-state index in [1.165, 1.54) is 6.07 Å². The van der Waals surface area contributed by atoms with Gasteiger partial charge < -0.3 is 5.32 Å². The van der Waals surface area contributed by atoms with E-state index >= 15 is 0 Å². The van der Waals surface area contributed by atoms with Crippen molar-refractivity contribution in [1.82, 2.24) is 20.5 Å². The summed E-state index contributed by atoms with van der Waals surface area (Å²) in [5, 5.41) is 8.52. The van der Waals surface area contributed by atoms with Crippen molar-refractivity contribution in [3.05, 3.63) is 36.3 Å². The van der Waals surface area contributed by atoms with Crippen LogP contribution in [0.5, 0.6) is 0 Å². The van der Waals surface area contributed by atoms with Crippen LogP contribution in [0.1, 0.15) is 10.5 Å². The molecule has 0 unspecified atom stereocenters.